The first-order valence-corrected chi connectivity index (χ1v) is 9.55. The van der Waals surface area contributed by atoms with Gasteiger partial charge in [-0.3, -0.25) is 9.59 Å². The quantitative estimate of drug-likeness (QED) is 0.492. The second-order valence-electron chi connectivity index (χ2n) is 7.30. The van der Waals surface area contributed by atoms with Gasteiger partial charge in [0.2, 0.25) is 0 Å². The molecule has 0 saturated carbocycles. The highest BCUT2D eigenvalue weighted by molar-refractivity contribution is 6.35. The van der Waals surface area contributed by atoms with Crippen molar-refractivity contribution in [2.24, 2.45) is 0 Å². The highest BCUT2D eigenvalue weighted by Crippen LogP contribution is 2.35. The van der Waals surface area contributed by atoms with Crippen LogP contribution in [-0.2, 0) is 15.8 Å². The zero-order valence-electron chi connectivity index (χ0n) is 16.6. The van der Waals surface area contributed by atoms with E-state index >= 15 is 0 Å². The first-order valence-electron chi connectivity index (χ1n) is 9.55. The Labute approximate surface area is 175 Å². The predicted octanol–water partition coefficient (Wildman–Crippen LogP) is 4.22. The van der Waals surface area contributed by atoms with Crippen molar-refractivity contribution >= 4 is 17.5 Å². The van der Waals surface area contributed by atoms with Gasteiger partial charge in [0, 0.05) is 23.4 Å². The van der Waals surface area contributed by atoms with Crippen molar-refractivity contribution in [3.63, 3.8) is 0 Å². The first-order chi connectivity index (χ1) is 14.5. The summed E-state index contributed by atoms with van der Waals surface area (Å²) in [6, 6.07) is 4.34. The first kappa shape index (κ1) is 22.5. The van der Waals surface area contributed by atoms with E-state index in [0.717, 1.165) is 24.3 Å². The third-order valence-electron chi connectivity index (χ3n) is 5.13. The van der Waals surface area contributed by atoms with Crippen molar-refractivity contribution in [3.05, 3.63) is 64.7 Å². The van der Waals surface area contributed by atoms with Gasteiger partial charge in [0.15, 0.2) is 11.6 Å². The van der Waals surface area contributed by atoms with E-state index in [1.54, 1.807) is 13.8 Å². The molecular weight excluding hydrogens is 421 g/mol. The number of benzene rings is 2. The molecular formula is C21H20F5N3O2. The molecule has 1 heterocycles. The normalized spacial score (nSPS) is 18.7. The predicted molar refractivity (Wildman–Crippen MR) is 103 cm³/mol. The zero-order chi connectivity index (χ0) is 22.9. The average molecular weight is 441 g/mol. The molecule has 0 aromatic heterocycles. The molecule has 0 radical (unpaired) electrons. The van der Waals surface area contributed by atoms with Gasteiger partial charge in [-0.05, 0) is 37.1 Å². The molecule has 0 fully saturated rings. The molecule has 5 nitrogen and oxygen atoms in total. The highest BCUT2D eigenvalue weighted by atomic mass is 19.4. The largest absolute Gasteiger partial charge is 0.416 e. The minimum absolute atomic E-state index is 0.206. The van der Waals surface area contributed by atoms with E-state index in [-0.39, 0.29) is 17.5 Å². The lowest BCUT2D eigenvalue weighted by atomic mass is 10.0. The molecule has 3 atom stereocenters. The van der Waals surface area contributed by atoms with Crippen LogP contribution in [-0.4, -0.2) is 17.9 Å². The lowest BCUT2D eigenvalue weighted by molar-refractivity contribution is -0.140. The zero-order valence-corrected chi connectivity index (χ0v) is 16.6. The number of hydrogen-bond acceptors (Lipinski definition) is 3. The van der Waals surface area contributed by atoms with Crippen LogP contribution in [0, 0.1) is 11.6 Å². The number of carbonyl (C=O) groups excluding carboxylic acids is 2. The summed E-state index contributed by atoms with van der Waals surface area (Å²) in [5.74, 6) is -4.22. The van der Waals surface area contributed by atoms with Crippen molar-refractivity contribution < 1.29 is 31.5 Å². The van der Waals surface area contributed by atoms with Crippen molar-refractivity contribution in [1.29, 1.82) is 0 Å². The van der Waals surface area contributed by atoms with E-state index in [1.165, 1.54) is 12.1 Å². The van der Waals surface area contributed by atoms with Gasteiger partial charge >= 0.3 is 18.0 Å². The number of amides is 2. The molecule has 166 valence electrons. The van der Waals surface area contributed by atoms with Crippen LogP contribution >= 0.6 is 0 Å². The van der Waals surface area contributed by atoms with Gasteiger partial charge in [-0.1, -0.05) is 19.1 Å². The summed E-state index contributed by atoms with van der Waals surface area (Å²) in [5.41, 5.74) is -0.0684. The fraction of sp³-hybridized carbons (Fsp3) is 0.333. The fourth-order valence-corrected chi connectivity index (χ4v) is 3.53. The Morgan fingerprint density at radius 1 is 1.10 bits per heavy atom. The third kappa shape index (κ3) is 4.78. The van der Waals surface area contributed by atoms with Crippen molar-refractivity contribution in [3.8, 4) is 0 Å². The van der Waals surface area contributed by atoms with Crippen LogP contribution in [0.15, 0.2) is 36.4 Å². The Bertz CT molecular complexity index is 1010. The second kappa shape index (κ2) is 8.52. The van der Waals surface area contributed by atoms with E-state index < -0.39 is 53.3 Å². The van der Waals surface area contributed by atoms with Crippen LogP contribution in [0.2, 0.25) is 0 Å². The SMILES string of the molecule is CCC(NC(=O)C(=O)NC1c2cc(F)c(F)cc2NC1C)c1cccc(C(F)(F)F)c1. The molecule has 0 spiro atoms. The number of alkyl halides is 3. The summed E-state index contributed by atoms with van der Waals surface area (Å²) in [6.45, 7) is 3.32. The van der Waals surface area contributed by atoms with Gasteiger partial charge in [-0.2, -0.15) is 13.2 Å². The molecule has 31 heavy (non-hydrogen) atoms. The summed E-state index contributed by atoms with van der Waals surface area (Å²) in [6.07, 6.45) is -4.29. The lowest BCUT2D eigenvalue weighted by Gasteiger charge is -2.21. The van der Waals surface area contributed by atoms with Crippen molar-refractivity contribution in [2.75, 3.05) is 5.32 Å². The maximum absolute atomic E-state index is 13.6. The fourth-order valence-electron chi connectivity index (χ4n) is 3.53. The number of nitrogens with one attached hydrogen (secondary N) is 3. The van der Waals surface area contributed by atoms with E-state index in [4.69, 9.17) is 0 Å². The second-order valence-corrected chi connectivity index (χ2v) is 7.30. The molecule has 0 saturated heterocycles. The monoisotopic (exact) mass is 441 g/mol. The van der Waals surface area contributed by atoms with Crippen LogP contribution < -0.4 is 16.0 Å². The van der Waals surface area contributed by atoms with Gasteiger partial charge < -0.3 is 16.0 Å². The molecule has 0 bridgehead atoms. The van der Waals surface area contributed by atoms with Gasteiger partial charge in [0.1, 0.15) is 0 Å². The number of hydrogen-bond donors (Lipinski definition) is 3. The smallest absolute Gasteiger partial charge is 0.380 e. The molecule has 2 aromatic rings. The molecule has 2 aromatic carbocycles. The van der Waals surface area contributed by atoms with E-state index in [1.807, 2.05) is 0 Å². The average Bonchev–Trinajstić information content (AvgIpc) is 3.00. The molecule has 3 rings (SSSR count). The molecule has 2 amide bonds. The third-order valence-corrected chi connectivity index (χ3v) is 5.13. The highest BCUT2D eigenvalue weighted by Gasteiger charge is 2.34. The number of carbonyl (C=O) groups is 2. The molecule has 10 heteroatoms. The minimum Gasteiger partial charge on any atom is -0.380 e. The number of anilines is 1. The molecule has 1 aliphatic rings. The summed E-state index contributed by atoms with van der Waals surface area (Å²) in [7, 11) is 0. The number of rotatable bonds is 4. The Balaban J connectivity index is 1.72. The van der Waals surface area contributed by atoms with Crippen LogP contribution in [0.1, 0.15) is 49.0 Å². The summed E-state index contributed by atoms with van der Waals surface area (Å²) in [4.78, 5) is 24.8. The maximum atomic E-state index is 13.6. The summed E-state index contributed by atoms with van der Waals surface area (Å²) < 4.78 is 65.9. The van der Waals surface area contributed by atoms with Crippen LogP contribution in [0.3, 0.4) is 0 Å². The Kier molecular flexibility index (Phi) is 6.19. The van der Waals surface area contributed by atoms with Crippen LogP contribution in [0.5, 0.6) is 0 Å². The van der Waals surface area contributed by atoms with Crippen LogP contribution in [0.25, 0.3) is 0 Å². The molecule has 1 aliphatic heterocycles. The Morgan fingerprint density at radius 2 is 1.77 bits per heavy atom. The van der Waals surface area contributed by atoms with E-state index in [0.29, 0.717) is 5.69 Å². The Hall–Kier alpha value is -3.17. The maximum Gasteiger partial charge on any atom is 0.416 e. The molecule has 0 aliphatic carbocycles. The van der Waals surface area contributed by atoms with Crippen LogP contribution in [0.4, 0.5) is 27.6 Å². The van der Waals surface area contributed by atoms with Gasteiger partial charge in [0.05, 0.1) is 17.6 Å². The van der Waals surface area contributed by atoms with E-state index in [2.05, 4.69) is 16.0 Å². The Morgan fingerprint density at radius 3 is 2.42 bits per heavy atom. The topological polar surface area (TPSA) is 70.2 Å². The van der Waals surface area contributed by atoms with E-state index in [9.17, 15) is 31.5 Å². The van der Waals surface area contributed by atoms with Crippen molar-refractivity contribution in [1.82, 2.24) is 10.6 Å². The summed E-state index contributed by atoms with van der Waals surface area (Å²) in [5, 5.41) is 7.79. The van der Waals surface area contributed by atoms with Gasteiger partial charge in [-0.15, -0.1) is 0 Å². The van der Waals surface area contributed by atoms with Gasteiger partial charge in [-0.25, -0.2) is 8.78 Å². The van der Waals surface area contributed by atoms with Gasteiger partial charge in [0.25, 0.3) is 0 Å². The van der Waals surface area contributed by atoms with Crippen molar-refractivity contribution in [2.45, 2.75) is 44.6 Å². The molecule has 3 N–H and O–H groups in total. The summed E-state index contributed by atoms with van der Waals surface area (Å²) >= 11 is 0. The lowest BCUT2D eigenvalue weighted by Crippen LogP contribution is -2.44. The minimum atomic E-state index is -4.54. The standard InChI is InChI=1S/C21H20F5N3O2/c1-3-16(11-5-4-6-12(7-11)21(24,25)26)28-19(30)20(31)29-18-10(2)27-17-9-15(23)14(22)8-13(17)18/h4-10,16,18,27H,3H2,1-2H3,(H,28,30)(H,29,31). The molecule has 3 unspecified atom stereocenters. The number of fused-ring (bicyclic) bond motifs is 1. The number of halogens is 5.